The fourth-order valence-electron chi connectivity index (χ4n) is 1.59. The molecule has 2 heterocycles. The van der Waals surface area contributed by atoms with Crippen molar-refractivity contribution in [2.45, 2.75) is 30.0 Å². The molecule has 7 heteroatoms. The van der Waals surface area contributed by atoms with Crippen LogP contribution in [0.25, 0.3) is 0 Å². The van der Waals surface area contributed by atoms with Crippen molar-refractivity contribution < 1.29 is 4.74 Å². The molecule has 0 aliphatic heterocycles. The van der Waals surface area contributed by atoms with Crippen LogP contribution in [0.1, 0.15) is 19.2 Å². The van der Waals surface area contributed by atoms with Gasteiger partial charge in [0.15, 0.2) is 5.82 Å². The molecule has 5 nitrogen and oxygen atoms in total. The first-order valence-electron chi connectivity index (χ1n) is 6.61. The smallest absolute Gasteiger partial charge is 0.157 e. The summed E-state index contributed by atoms with van der Waals surface area (Å²) in [6.07, 6.45) is 2.65. The molecule has 0 bridgehead atoms. The molecule has 0 amide bonds. The van der Waals surface area contributed by atoms with Crippen LogP contribution < -0.4 is 5.32 Å². The van der Waals surface area contributed by atoms with Gasteiger partial charge >= 0.3 is 0 Å². The van der Waals surface area contributed by atoms with Gasteiger partial charge < -0.3 is 10.1 Å². The molecular weight excluding hydrogens is 308 g/mol. The van der Waals surface area contributed by atoms with E-state index in [9.17, 15) is 0 Å². The lowest BCUT2D eigenvalue weighted by Gasteiger charge is -2.08. The lowest BCUT2D eigenvalue weighted by Crippen LogP contribution is -2.06. The number of ether oxygens (including phenoxy) is 1. The summed E-state index contributed by atoms with van der Waals surface area (Å²) in [4.78, 5) is 13.1. The van der Waals surface area contributed by atoms with E-state index in [0.717, 1.165) is 28.8 Å². The van der Waals surface area contributed by atoms with E-state index in [1.807, 2.05) is 18.2 Å². The van der Waals surface area contributed by atoms with Gasteiger partial charge in [0.25, 0.3) is 0 Å². The molecule has 0 aliphatic carbocycles. The van der Waals surface area contributed by atoms with Gasteiger partial charge in [-0.05, 0) is 30.3 Å². The molecule has 2 aromatic heterocycles. The highest BCUT2D eigenvalue weighted by Crippen LogP contribution is 2.26. The molecular formula is C14H17ClN4OS. The molecule has 0 aromatic carbocycles. The van der Waals surface area contributed by atoms with Gasteiger partial charge in [0.2, 0.25) is 0 Å². The van der Waals surface area contributed by atoms with Crippen molar-refractivity contribution in [3.8, 4) is 0 Å². The number of hydrogen-bond donors (Lipinski definition) is 1. The van der Waals surface area contributed by atoms with E-state index in [-0.39, 0.29) is 0 Å². The van der Waals surface area contributed by atoms with E-state index in [1.165, 1.54) is 11.8 Å². The largest absolute Gasteiger partial charge is 0.377 e. The summed E-state index contributed by atoms with van der Waals surface area (Å²) in [7, 11) is 1.63. The first kappa shape index (κ1) is 16.0. The number of hydrogen-bond acceptors (Lipinski definition) is 6. The monoisotopic (exact) mass is 324 g/mol. The molecule has 0 unspecified atom stereocenters. The van der Waals surface area contributed by atoms with E-state index >= 15 is 0 Å². The highest BCUT2D eigenvalue weighted by Gasteiger charge is 2.07. The molecule has 2 aromatic rings. The van der Waals surface area contributed by atoms with Gasteiger partial charge in [0, 0.05) is 25.9 Å². The Labute approximate surface area is 133 Å². The SMILES string of the molecule is CCCNc1cc(Sc2ccc(Cl)cn2)nc(COC)n1. The summed E-state index contributed by atoms with van der Waals surface area (Å²) in [6, 6.07) is 5.59. The Morgan fingerprint density at radius 3 is 2.81 bits per heavy atom. The molecule has 0 atom stereocenters. The highest BCUT2D eigenvalue weighted by molar-refractivity contribution is 7.99. The van der Waals surface area contributed by atoms with E-state index in [1.54, 1.807) is 13.3 Å². The molecule has 0 saturated carbocycles. The Bertz CT molecular complexity index is 580. The third kappa shape index (κ3) is 5.15. The van der Waals surface area contributed by atoms with E-state index < -0.39 is 0 Å². The normalized spacial score (nSPS) is 10.6. The summed E-state index contributed by atoms with van der Waals surface area (Å²) in [5.74, 6) is 1.45. The predicted octanol–water partition coefficient (Wildman–Crippen LogP) is 3.64. The Balaban J connectivity index is 2.19. The molecule has 0 aliphatic rings. The van der Waals surface area contributed by atoms with Crippen molar-refractivity contribution in [2.75, 3.05) is 19.0 Å². The number of pyridine rings is 1. The molecule has 0 fully saturated rings. The van der Waals surface area contributed by atoms with Gasteiger partial charge in [-0.1, -0.05) is 18.5 Å². The first-order valence-corrected chi connectivity index (χ1v) is 7.81. The second-order valence-electron chi connectivity index (χ2n) is 4.28. The minimum Gasteiger partial charge on any atom is -0.377 e. The van der Waals surface area contributed by atoms with Crippen LogP contribution in [0.5, 0.6) is 0 Å². The molecule has 0 saturated heterocycles. The fourth-order valence-corrected chi connectivity index (χ4v) is 2.48. The summed E-state index contributed by atoms with van der Waals surface area (Å²) in [5.41, 5.74) is 0. The summed E-state index contributed by atoms with van der Waals surface area (Å²) in [5, 5.41) is 5.55. The molecule has 21 heavy (non-hydrogen) atoms. The summed E-state index contributed by atoms with van der Waals surface area (Å²) < 4.78 is 5.11. The van der Waals surface area contributed by atoms with E-state index in [0.29, 0.717) is 17.5 Å². The van der Waals surface area contributed by atoms with Crippen LogP contribution in [0.15, 0.2) is 34.4 Å². The lowest BCUT2D eigenvalue weighted by atomic mass is 10.4. The Morgan fingerprint density at radius 2 is 2.14 bits per heavy atom. The van der Waals surface area contributed by atoms with Gasteiger partial charge in [0.1, 0.15) is 22.5 Å². The second kappa shape index (κ2) is 8.17. The number of nitrogens with one attached hydrogen (secondary N) is 1. The van der Waals surface area contributed by atoms with Crippen molar-refractivity contribution in [2.24, 2.45) is 0 Å². The number of methoxy groups -OCH3 is 1. The Morgan fingerprint density at radius 1 is 1.29 bits per heavy atom. The van der Waals surface area contributed by atoms with Crippen molar-refractivity contribution in [1.29, 1.82) is 0 Å². The molecule has 2 rings (SSSR count). The fraction of sp³-hybridized carbons (Fsp3) is 0.357. The summed E-state index contributed by atoms with van der Waals surface area (Å²) >= 11 is 7.31. The van der Waals surface area contributed by atoms with Crippen molar-refractivity contribution in [3.05, 3.63) is 35.2 Å². The number of nitrogens with zero attached hydrogens (tertiary/aromatic N) is 3. The average Bonchev–Trinajstić information content (AvgIpc) is 2.48. The number of rotatable bonds is 7. The zero-order valence-electron chi connectivity index (χ0n) is 12.0. The zero-order chi connectivity index (χ0) is 15.1. The van der Waals surface area contributed by atoms with Crippen LogP contribution in [-0.2, 0) is 11.3 Å². The predicted molar refractivity (Wildman–Crippen MR) is 84.9 cm³/mol. The lowest BCUT2D eigenvalue weighted by molar-refractivity contribution is 0.177. The third-order valence-corrected chi connectivity index (χ3v) is 3.58. The van der Waals surface area contributed by atoms with Crippen LogP contribution >= 0.6 is 23.4 Å². The molecule has 0 radical (unpaired) electrons. The van der Waals surface area contributed by atoms with Crippen LogP contribution in [0.2, 0.25) is 5.02 Å². The number of halogens is 1. The second-order valence-corrected chi connectivity index (χ2v) is 5.76. The maximum atomic E-state index is 5.84. The van der Waals surface area contributed by atoms with Gasteiger partial charge in [-0.15, -0.1) is 0 Å². The average molecular weight is 325 g/mol. The van der Waals surface area contributed by atoms with Gasteiger partial charge in [0.05, 0.1) is 5.02 Å². The number of aromatic nitrogens is 3. The van der Waals surface area contributed by atoms with Crippen LogP contribution in [0.3, 0.4) is 0 Å². The number of anilines is 1. The third-order valence-electron chi connectivity index (χ3n) is 2.49. The minimum absolute atomic E-state index is 0.378. The van der Waals surface area contributed by atoms with E-state index in [4.69, 9.17) is 16.3 Å². The van der Waals surface area contributed by atoms with Gasteiger partial charge in [-0.2, -0.15) is 0 Å². The van der Waals surface area contributed by atoms with Gasteiger partial charge in [-0.3, -0.25) is 0 Å². The highest BCUT2D eigenvalue weighted by atomic mass is 35.5. The Hall–Kier alpha value is -1.37. The standard InChI is InChI=1S/C14H17ClN4OS/c1-3-6-16-11-7-14(19-12(18-11)9-20-2)21-13-5-4-10(15)8-17-13/h4-5,7-8H,3,6,9H2,1-2H3,(H,16,18,19). The van der Waals surface area contributed by atoms with Crippen molar-refractivity contribution in [1.82, 2.24) is 15.0 Å². The van der Waals surface area contributed by atoms with Crippen molar-refractivity contribution >= 4 is 29.2 Å². The summed E-state index contributed by atoms with van der Waals surface area (Å²) in [6.45, 7) is 3.35. The maximum absolute atomic E-state index is 5.84. The molecule has 0 spiro atoms. The first-order chi connectivity index (χ1) is 10.2. The molecule has 112 valence electrons. The van der Waals surface area contributed by atoms with Crippen LogP contribution in [-0.4, -0.2) is 28.6 Å². The van der Waals surface area contributed by atoms with Crippen LogP contribution in [0, 0.1) is 0 Å². The van der Waals surface area contributed by atoms with E-state index in [2.05, 4.69) is 27.2 Å². The molecule has 1 N–H and O–H groups in total. The van der Waals surface area contributed by atoms with Crippen LogP contribution in [0.4, 0.5) is 5.82 Å². The minimum atomic E-state index is 0.378. The van der Waals surface area contributed by atoms with Crippen molar-refractivity contribution in [3.63, 3.8) is 0 Å². The topological polar surface area (TPSA) is 59.9 Å². The van der Waals surface area contributed by atoms with Gasteiger partial charge in [-0.25, -0.2) is 15.0 Å². The maximum Gasteiger partial charge on any atom is 0.157 e. The Kier molecular flexibility index (Phi) is 6.22. The zero-order valence-corrected chi connectivity index (χ0v) is 13.5. The quantitative estimate of drug-likeness (QED) is 0.785.